The Morgan fingerprint density at radius 3 is 2.74 bits per heavy atom. The number of urea groups is 1. The molecule has 1 heterocycles. The van der Waals surface area contributed by atoms with Crippen LogP contribution in [0.25, 0.3) is 0 Å². The number of piperidine rings is 1. The van der Waals surface area contributed by atoms with Gasteiger partial charge in [0.15, 0.2) is 0 Å². The standard InChI is InChI=1S/C15H21N3O/c19-14(17-12-5-2-1-3-6-12)18-13-7-10-16-15(11-13)8-4-9-15/h1-3,5-6,13,16H,4,7-11H2,(H2,17,18,19). The van der Waals surface area contributed by atoms with Gasteiger partial charge < -0.3 is 16.0 Å². The molecule has 4 nitrogen and oxygen atoms in total. The van der Waals surface area contributed by atoms with E-state index < -0.39 is 0 Å². The minimum absolute atomic E-state index is 0.0902. The molecule has 1 aromatic carbocycles. The van der Waals surface area contributed by atoms with E-state index in [1.165, 1.54) is 19.3 Å². The van der Waals surface area contributed by atoms with Gasteiger partial charge in [-0.05, 0) is 50.8 Å². The Bertz CT molecular complexity index is 442. The molecular weight excluding hydrogens is 238 g/mol. The second-order valence-corrected chi connectivity index (χ2v) is 5.71. The van der Waals surface area contributed by atoms with E-state index in [2.05, 4.69) is 16.0 Å². The zero-order valence-electron chi connectivity index (χ0n) is 11.1. The van der Waals surface area contributed by atoms with Crippen LogP contribution in [-0.2, 0) is 0 Å². The third-order valence-electron chi connectivity index (χ3n) is 4.31. The number of amides is 2. The van der Waals surface area contributed by atoms with Crippen molar-refractivity contribution in [2.75, 3.05) is 11.9 Å². The first kappa shape index (κ1) is 12.5. The van der Waals surface area contributed by atoms with Gasteiger partial charge in [-0.15, -0.1) is 0 Å². The van der Waals surface area contributed by atoms with Crippen LogP contribution in [0.3, 0.4) is 0 Å². The van der Waals surface area contributed by atoms with Crippen molar-refractivity contribution in [3.8, 4) is 0 Å². The number of rotatable bonds is 2. The summed E-state index contributed by atoms with van der Waals surface area (Å²) in [7, 11) is 0. The van der Waals surface area contributed by atoms with Crippen LogP contribution in [0.4, 0.5) is 10.5 Å². The lowest BCUT2D eigenvalue weighted by atomic mass is 9.70. The lowest BCUT2D eigenvalue weighted by molar-refractivity contribution is 0.122. The first-order valence-corrected chi connectivity index (χ1v) is 7.13. The summed E-state index contributed by atoms with van der Waals surface area (Å²) in [6, 6.07) is 9.78. The number of benzene rings is 1. The largest absolute Gasteiger partial charge is 0.335 e. The molecule has 1 unspecified atom stereocenters. The average molecular weight is 259 g/mol. The molecule has 4 heteroatoms. The van der Waals surface area contributed by atoms with E-state index in [9.17, 15) is 4.79 Å². The van der Waals surface area contributed by atoms with Crippen LogP contribution in [0.2, 0.25) is 0 Å². The third kappa shape index (κ3) is 2.89. The number of carbonyl (C=O) groups is 1. The van der Waals surface area contributed by atoms with E-state index in [1.807, 2.05) is 30.3 Å². The SMILES string of the molecule is O=C(Nc1ccccc1)NC1CCNC2(CCC2)C1. The fraction of sp³-hybridized carbons (Fsp3) is 0.533. The Morgan fingerprint density at radius 2 is 2.05 bits per heavy atom. The number of hydrogen-bond donors (Lipinski definition) is 3. The molecule has 1 aliphatic heterocycles. The normalized spacial score (nSPS) is 24.5. The summed E-state index contributed by atoms with van der Waals surface area (Å²) < 4.78 is 0. The molecule has 1 aliphatic carbocycles. The lowest BCUT2D eigenvalue weighted by Gasteiger charge is -2.48. The van der Waals surface area contributed by atoms with Crippen LogP contribution in [0, 0.1) is 0 Å². The highest BCUT2D eigenvalue weighted by Crippen LogP contribution is 2.38. The highest BCUT2D eigenvalue weighted by Gasteiger charge is 2.41. The molecule has 0 bridgehead atoms. The summed E-state index contributed by atoms with van der Waals surface area (Å²) in [5.74, 6) is 0. The molecule has 102 valence electrons. The molecule has 1 saturated heterocycles. The van der Waals surface area contributed by atoms with Gasteiger partial charge in [-0.1, -0.05) is 18.2 Å². The van der Waals surface area contributed by atoms with E-state index in [-0.39, 0.29) is 6.03 Å². The van der Waals surface area contributed by atoms with Gasteiger partial charge in [-0.25, -0.2) is 4.79 Å². The quantitative estimate of drug-likeness (QED) is 0.764. The van der Waals surface area contributed by atoms with E-state index >= 15 is 0 Å². The molecule has 1 atom stereocenters. The molecule has 3 N–H and O–H groups in total. The third-order valence-corrected chi connectivity index (χ3v) is 4.31. The molecule has 1 aromatic rings. The Labute approximate surface area is 114 Å². The molecule has 2 amide bonds. The molecule has 1 saturated carbocycles. The zero-order chi connectivity index (χ0) is 13.1. The van der Waals surface area contributed by atoms with E-state index in [0.717, 1.165) is 25.1 Å². The highest BCUT2D eigenvalue weighted by molar-refractivity contribution is 5.89. The zero-order valence-corrected chi connectivity index (χ0v) is 11.1. The Hall–Kier alpha value is -1.55. The van der Waals surface area contributed by atoms with Crippen molar-refractivity contribution in [1.29, 1.82) is 0 Å². The van der Waals surface area contributed by atoms with Crippen molar-refractivity contribution < 1.29 is 4.79 Å². The van der Waals surface area contributed by atoms with Gasteiger partial charge in [0, 0.05) is 17.3 Å². The number of nitrogens with one attached hydrogen (secondary N) is 3. The van der Waals surface area contributed by atoms with Crippen molar-refractivity contribution in [1.82, 2.24) is 10.6 Å². The number of hydrogen-bond acceptors (Lipinski definition) is 2. The van der Waals surface area contributed by atoms with Crippen LogP contribution in [0.1, 0.15) is 32.1 Å². The number of anilines is 1. The van der Waals surface area contributed by atoms with Crippen LogP contribution in [0.15, 0.2) is 30.3 Å². The summed E-state index contributed by atoms with van der Waals surface area (Å²) in [6.45, 7) is 1.01. The number of para-hydroxylation sites is 1. The Morgan fingerprint density at radius 1 is 1.26 bits per heavy atom. The van der Waals surface area contributed by atoms with E-state index in [1.54, 1.807) is 0 Å². The van der Waals surface area contributed by atoms with Gasteiger partial charge in [-0.2, -0.15) is 0 Å². The summed E-state index contributed by atoms with van der Waals surface area (Å²) >= 11 is 0. The molecule has 2 aliphatic rings. The van der Waals surface area contributed by atoms with Gasteiger partial charge in [0.2, 0.25) is 0 Å². The van der Waals surface area contributed by atoms with Crippen molar-refractivity contribution in [3.63, 3.8) is 0 Å². The monoisotopic (exact) mass is 259 g/mol. The maximum Gasteiger partial charge on any atom is 0.319 e. The topological polar surface area (TPSA) is 53.2 Å². The van der Waals surface area contributed by atoms with Crippen LogP contribution in [0.5, 0.6) is 0 Å². The van der Waals surface area contributed by atoms with Gasteiger partial charge in [0.1, 0.15) is 0 Å². The lowest BCUT2D eigenvalue weighted by Crippen LogP contribution is -2.60. The maximum atomic E-state index is 12.0. The minimum atomic E-state index is -0.0902. The molecular formula is C15H21N3O. The van der Waals surface area contributed by atoms with Gasteiger partial charge in [-0.3, -0.25) is 0 Å². The highest BCUT2D eigenvalue weighted by atomic mass is 16.2. The summed E-state index contributed by atoms with van der Waals surface area (Å²) in [5.41, 5.74) is 1.16. The molecule has 19 heavy (non-hydrogen) atoms. The Balaban J connectivity index is 1.52. The second kappa shape index (κ2) is 5.21. The van der Waals surface area contributed by atoms with E-state index in [0.29, 0.717) is 11.6 Å². The predicted molar refractivity (Wildman–Crippen MR) is 76.2 cm³/mol. The second-order valence-electron chi connectivity index (χ2n) is 5.71. The number of carbonyl (C=O) groups excluding carboxylic acids is 1. The van der Waals surface area contributed by atoms with Crippen molar-refractivity contribution in [2.24, 2.45) is 0 Å². The molecule has 1 spiro atoms. The molecule has 0 radical (unpaired) electrons. The Kier molecular flexibility index (Phi) is 3.42. The smallest absolute Gasteiger partial charge is 0.319 e. The van der Waals surface area contributed by atoms with Crippen molar-refractivity contribution >= 4 is 11.7 Å². The fourth-order valence-corrected chi connectivity index (χ4v) is 3.14. The van der Waals surface area contributed by atoms with Gasteiger partial charge >= 0.3 is 6.03 Å². The van der Waals surface area contributed by atoms with Crippen molar-refractivity contribution in [3.05, 3.63) is 30.3 Å². The molecule has 3 rings (SSSR count). The van der Waals surface area contributed by atoms with Crippen LogP contribution in [-0.4, -0.2) is 24.2 Å². The van der Waals surface area contributed by atoms with Gasteiger partial charge in [0.05, 0.1) is 0 Å². The maximum absolute atomic E-state index is 12.0. The summed E-state index contributed by atoms with van der Waals surface area (Å²) in [4.78, 5) is 12.0. The fourth-order valence-electron chi connectivity index (χ4n) is 3.14. The van der Waals surface area contributed by atoms with E-state index in [4.69, 9.17) is 0 Å². The van der Waals surface area contributed by atoms with Crippen LogP contribution < -0.4 is 16.0 Å². The average Bonchev–Trinajstić information content (AvgIpc) is 2.38. The molecule has 2 fully saturated rings. The van der Waals surface area contributed by atoms with Crippen LogP contribution >= 0.6 is 0 Å². The minimum Gasteiger partial charge on any atom is -0.335 e. The summed E-state index contributed by atoms with van der Waals surface area (Å²) in [5, 5.41) is 9.60. The molecule has 0 aromatic heterocycles. The first-order valence-electron chi connectivity index (χ1n) is 7.13. The summed E-state index contributed by atoms with van der Waals surface area (Å²) in [6.07, 6.45) is 5.91. The first-order chi connectivity index (χ1) is 9.26. The van der Waals surface area contributed by atoms with Gasteiger partial charge in [0.25, 0.3) is 0 Å². The predicted octanol–water partition coefficient (Wildman–Crippen LogP) is 2.48. The van der Waals surface area contributed by atoms with Crippen molar-refractivity contribution in [2.45, 2.75) is 43.7 Å².